The summed E-state index contributed by atoms with van der Waals surface area (Å²) < 4.78 is 23.9. The maximum Gasteiger partial charge on any atom is 0.258 e. The Hall–Kier alpha value is -4.12. The molecule has 3 aromatic carbocycles. The largest absolute Gasteiger partial charge is 0.490 e. The Morgan fingerprint density at radius 1 is 1.00 bits per heavy atom. The smallest absolute Gasteiger partial charge is 0.258 e. The Balaban J connectivity index is 1.36. The monoisotopic (exact) mass is 659 g/mol. The molecule has 0 unspecified atom stereocenters. The first-order valence-corrected chi connectivity index (χ1v) is 16.9. The van der Waals surface area contributed by atoms with Gasteiger partial charge in [-0.05, 0) is 81.6 Å². The molecule has 5 rings (SSSR count). The summed E-state index contributed by atoms with van der Waals surface area (Å²) in [6, 6.07) is 20.3. The van der Waals surface area contributed by atoms with Crippen LogP contribution in [0.25, 0.3) is 0 Å². The first-order chi connectivity index (χ1) is 23.2. The Kier molecular flexibility index (Phi) is 12.3. The third-order valence-electron chi connectivity index (χ3n) is 8.92. The molecule has 0 radical (unpaired) electrons. The van der Waals surface area contributed by atoms with Crippen molar-refractivity contribution in [1.82, 2.24) is 9.80 Å². The van der Waals surface area contributed by atoms with Gasteiger partial charge in [0, 0.05) is 37.8 Å². The molecule has 3 aromatic rings. The number of nitrogens with one attached hydrogen (secondary N) is 1. The molecule has 0 saturated heterocycles. The summed E-state index contributed by atoms with van der Waals surface area (Å²) in [6.07, 6.45) is 2.52. The summed E-state index contributed by atoms with van der Waals surface area (Å²) in [4.78, 5) is 31.2. The van der Waals surface area contributed by atoms with Gasteiger partial charge in [0.15, 0.2) is 11.5 Å². The Bertz CT molecular complexity index is 1520. The number of hydrogen-bond acceptors (Lipinski definition) is 8. The SMILES string of the molecule is C[C@H](CO)N1C[C@H](C)[C@@H](CN(C)Cc2ccc3c(c2)OCO3)OCCCC[C@H](C)Oc2ccc(NC(=O)Cc3ccccc3)cc2C1=O. The van der Waals surface area contributed by atoms with E-state index in [1.54, 1.807) is 23.1 Å². The fourth-order valence-corrected chi connectivity index (χ4v) is 6.17. The van der Waals surface area contributed by atoms with E-state index in [-0.39, 0.29) is 49.8 Å². The number of amides is 2. The van der Waals surface area contributed by atoms with Crippen LogP contribution in [0.4, 0.5) is 5.69 Å². The van der Waals surface area contributed by atoms with Crippen LogP contribution in [0.3, 0.4) is 0 Å². The maximum absolute atomic E-state index is 14.4. The topological polar surface area (TPSA) is 110 Å². The van der Waals surface area contributed by atoms with Gasteiger partial charge in [-0.15, -0.1) is 0 Å². The molecule has 0 saturated carbocycles. The molecule has 0 spiro atoms. The van der Waals surface area contributed by atoms with Crippen LogP contribution in [0.1, 0.15) is 61.5 Å². The average Bonchev–Trinajstić information content (AvgIpc) is 3.54. The van der Waals surface area contributed by atoms with Crippen molar-refractivity contribution in [1.29, 1.82) is 0 Å². The highest BCUT2D eigenvalue weighted by atomic mass is 16.7. The van der Waals surface area contributed by atoms with Crippen LogP contribution < -0.4 is 19.5 Å². The zero-order valence-electron chi connectivity index (χ0n) is 28.5. The van der Waals surface area contributed by atoms with E-state index in [9.17, 15) is 14.7 Å². The van der Waals surface area contributed by atoms with Crippen LogP contribution in [0.2, 0.25) is 0 Å². The van der Waals surface area contributed by atoms with E-state index < -0.39 is 6.04 Å². The molecule has 2 N–H and O–H groups in total. The van der Waals surface area contributed by atoms with Gasteiger partial charge >= 0.3 is 0 Å². The molecule has 48 heavy (non-hydrogen) atoms. The van der Waals surface area contributed by atoms with Crippen molar-refractivity contribution in [2.24, 2.45) is 5.92 Å². The second kappa shape index (κ2) is 16.8. The highest BCUT2D eigenvalue weighted by Gasteiger charge is 2.30. The molecule has 0 aromatic heterocycles. The van der Waals surface area contributed by atoms with Crippen LogP contribution in [0, 0.1) is 5.92 Å². The van der Waals surface area contributed by atoms with E-state index in [2.05, 4.69) is 24.2 Å². The summed E-state index contributed by atoms with van der Waals surface area (Å²) >= 11 is 0. The van der Waals surface area contributed by atoms with Gasteiger partial charge in [-0.1, -0.05) is 43.3 Å². The fourth-order valence-electron chi connectivity index (χ4n) is 6.17. The highest BCUT2D eigenvalue weighted by Crippen LogP contribution is 2.33. The summed E-state index contributed by atoms with van der Waals surface area (Å²) in [5.41, 5.74) is 2.87. The minimum absolute atomic E-state index is 0.0536. The van der Waals surface area contributed by atoms with Crippen LogP contribution in [-0.4, -0.2) is 85.1 Å². The minimum atomic E-state index is -0.457. The molecule has 10 nitrogen and oxygen atoms in total. The van der Waals surface area contributed by atoms with E-state index in [4.69, 9.17) is 18.9 Å². The average molecular weight is 660 g/mol. The number of likely N-dealkylation sites (N-methyl/N-ethyl adjacent to an activating group) is 1. The lowest BCUT2D eigenvalue weighted by Gasteiger charge is -2.36. The maximum atomic E-state index is 14.4. The second-order valence-electron chi connectivity index (χ2n) is 13.1. The molecule has 258 valence electrons. The minimum Gasteiger partial charge on any atom is -0.490 e. The molecule has 0 fully saturated rings. The predicted molar refractivity (Wildman–Crippen MR) is 185 cm³/mol. The van der Waals surface area contributed by atoms with Gasteiger partial charge in [0.2, 0.25) is 12.7 Å². The van der Waals surface area contributed by atoms with Crippen molar-refractivity contribution in [2.45, 2.75) is 71.2 Å². The zero-order chi connectivity index (χ0) is 34.0. The van der Waals surface area contributed by atoms with E-state index in [0.29, 0.717) is 43.2 Å². The van der Waals surface area contributed by atoms with Crippen molar-refractivity contribution in [2.75, 3.05) is 45.5 Å². The van der Waals surface area contributed by atoms with Gasteiger partial charge in [0.05, 0.1) is 36.8 Å². The third-order valence-corrected chi connectivity index (χ3v) is 8.92. The molecule has 2 heterocycles. The Morgan fingerprint density at radius 2 is 1.77 bits per heavy atom. The van der Waals surface area contributed by atoms with E-state index >= 15 is 0 Å². The van der Waals surface area contributed by atoms with Crippen molar-refractivity contribution in [3.05, 3.63) is 83.4 Å². The lowest BCUT2D eigenvalue weighted by atomic mass is 10.0. The molecule has 0 aliphatic carbocycles. The Labute approximate surface area is 283 Å². The highest BCUT2D eigenvalue weighted by molar-refractivity contribution is 6.00. The molecule has 2 aliphatic heterocycles. The molecule has 4 atom stereocenters. The van der Waals surface area contributed by atoms with Crippen LogP contribution in [-0.2, 0) is 22.5 Å². The lowest BCUT2D eigenvalue weighted by Crippen LogP contribution is -2.47. The van der Waals surface area contributed by atoms with E-state index in [1.165, 1.54) is 0 Å². The van der Waals surface area contributed by atoms with E-state index in [1.807, 2.05) is 62.4 Å². The fraction of sp³-hybridized carbons (Fsp3) is 0.474. The van der Waals surface area contributed by atoms with Crippen LogP contribution >= 0.6 is 0 Å². The number of benzene rings is 3. The number of rotatable bonds is 9. The number of aliphatic hydroxyl groups is 1. The molecular weight excluding hydrogens is 610 g/mol. The van der Waals surface area contributed by atoms with Gasteiger partial charge in [0.25, 0.3) is 5.91 Å². The third kappa shape index (κ3) is 9.49. The quantitative estimate of drug-likeness (QED) is 0.309. The second-order valence-corrected chi connectivity index (χ2v) is 13.1. The van der Waals surface area contributed by atoms with Crippen molar-refractivity contribution >= 4 is 17.5 Å². The van der Waals surface area contributed by atoms with Gasteiger partial charge in [-0.25, -0.2) is 0 Å². The summed E-state index contributed by atoms with van der Waals surface area (Å²) in [5.74, 6) is 1.48. The summed E-state index contributed by atoms with van der Waals surface area (Å²) in [6.45, 7) is 8.28. The van der Waals surface area contributed by atoms with Crippen LogP contribution in [0.15, 0.2) is 66.7 Å². The number of anilines is 1. The summed E-state index contributed by atoms with van der Waals surface area (Å²) in [5, 5.41) is 13.2. The number of carbonyl (C=O) groups excluding carboxylic acids is 2. The number of aliphatic hydroxyl groups excluding tert-OH is 1. The number of fused-ring (bicyclic) bond motifs is 2. The zero-order valence-corrected chi connectivity index (χ0v) is 28.5. The summed E-state index contributed by atoms with van der Waals surface area (Å²) in [7, 11) is 2.06. The molecule has 2 amide bonds. The standard InChI is InChI=1S/C38H49N3O7/c1-26-21-41(27(2)24-42)38(44)32-20-31(39-37(43)19-29-11-6-5-7-12-29)14-16-33(32)48-28(3)10-8-9-17-45-36(26)23-40(4)22-30-13-15-34-35(18-30)47-25-46-34/h5-7,11-16,18,20,26-28,36,42H,8-10,17,19,21-25H2,1-4H3,(H,39,43)/t26-,27+,28-,36+/m0/s1. The van der Waals surface area contributed by atoms with Crippen molar-refractivity contribution in [3.8, 4) is 17.2 Å². The molecule has 10 heteroatoms. The van der Waals surface area contributed by atoms with Gasteiger partial charge < -0.3 is 34.3 Å². The van der Waals surface area contributed by atoms with Crippen LogP contribution in [0.5, 0.6) is 17.2 Å². The van der Waals surface area contributed by atoms with Gasteiger partial charge in [-0.3, -0.25) is 14.5 Å². The predicted octanol–water partition coefficient (Wildman–Crippen LogP) is 5.52. The molecule has 0 bridgehead atoms. The van der Waals surface area contributed by atoms with Crippen molar-refractivity contribution < 1.29 is 33.6 Å². The first kappa shape index (κ1) is 35.2. The van der Waals surface area contributed by atoms with Gasteiger partial charge in [-0.2, -0.15) is 0 Å². The number of nitrogens with zero attached hydrogens (tertiary/aromatic N) is 2. The molecule has 2 aliphatic rings. The number of carbonyl (C=O) groups is 2. The normalized spacial score (nSPS) is 20.8. The molecular formula is C38H49N3O7. The van der Waals surface area contributed by atoms with Crippen molar-refractivity contribution in [3.63, 3.8) is 0 Å². The van der Waals surface area contributed by atoms with E-state index in [0.717, 1.165) is 41.9 Å². The number of ether oxygens (including phenoxy) is 4. The van der Waals surface area contributed by atoms with Gasteiger partial charge in [0.1, 0.15) is 5.75 Å². The lowest BCUT2D eigenvalue weighted by molar-refractivity contribution is -0.115. The number of hydrogen-bond donors (Lipinski definition) is 2. The Morgan fingerprint density at radius 3 is 2.56 bits per heavy atom. The first-order valence-electron chi connectivity index (χ1n) is 16.9.